The van der Waals surface area contributed by atoms with Gasteiger partial charge < -0.3 is 5.32 Å². The number of amides is 1. The molecule has 1 aromatic carbocycles. The van der Waals surface area contributed by atoms with E-state index in [2.05, 4.69) is 25.7 Å². The van der Waals surface area contributed by atoms with Crippen LogP contribution in [0.5, 0.6) is 0 Å². The summed E-state index contributed by atoms with van der Waals surface area (Å²) in [4.78, 5) is 16.4. The Balaban J connectivity index is 1.63. The molecule has 6 nitrogen and oxygen atoms in total. The van der Waals surface area contributed by atoms with Crippen molar-refractivity contribution in [1.82, 2.24) is 20.4 Å². The van der Waals surface area contributed by atoms with E-state index in [9.17, 15) is 4.79 Å². The number of H-pyrrole nitrogens is 1. The molecule has 3 rings (SSSR count). The van der Waals surface area contributed by atoms with Crippen molar-refractivity contribution in [3.63, 3.8) is 0 Å². The fourth-order valence-corrected chi connectivity index (χ4v) is 3.06. The van der Waals surface area contributed by atoms with Crippen LogP contribution in [0, 0.1) is 6.92 Å². The summed E-state index contributed by atoms with van der Waals surface area (Å²) in [5, 5.41) is 16.7. The highest BCUT2D eigenvalue weighted by Gasteiger charge is 2.07. The molecule has 0 aliphatic rings. The zero-order chi connectivity index (χ0) is 15.4. The number of nitrogens with one attached hydrogen (secondary N) is 2. The molecule has 1 amide bonds. The first-order chi connectivity index (χ1) is 10.7. The van der Waals surface area contributed by atoms with Gasteiger partial charge in [-0.05, 0) is 19.1 Å². The fourth-order valence-electron chi connectivity index (χ4n) is 1.85. The fraction of sp³-hybridized carbons (Fsp3) is 0.143. The summed E-state index contributed by atoms with van der Waals surface area (Å²) in [5.41, 5.74) is 2.68. The maximum atomic E-state index is 12.0. The lowest BCUT2D eigenvalue weighted by Gasteiger charge is -2.06. The molecule has 0 fully saturated rings. The molecule has 3 aromatic rings. The highest BCUT2D eigenvalue weighted by atomic mass is 32.2. The van der Waals surface area contributed by atoms with E-state index < -0.39 is 0 Å². The lowest BCUT2D eigenvalue weighted by molar-refractivity contribution is -0.113. The number of rotatable bonds is 5. The molecule has 0 unspecified atom stereocenters. The molecule has 0 saturated heterocycles. The van der Waals surface area contributed by atoms with E-state index in [4.69, 9.17) is 0 Å². The van der Waals surface area contributed by atoms with Crippen LogP contribution in [0.4, 0.5) is 5.69 Å². The second kappa shape index (κ2) is 6.71. The summed E-state index contributed by atoms with van der Waals surface area (Å²) in [6, 6.07) is 7.67. The van der Waals surface area contributed by atoms with Gasteiger partial charge in [-0.3, -0.25) is 4.79 Å². The number of anilines is 1. The van der Waals surface area contributed by atoms with E-state index in [-0.39, 0.29) is 11.7 Å². The van der Waals surface area contributed by atoms with Gasteiger partial charge in [-0.25, -0.2) is 4.98 Å². The predicted octanol–water partition coefficient (Wildman–Crippen LogP) is 2.97. The number of hydrogen-bond donors (Lipinski definition) is 2. The zero-order valence-corrected chi connectivity index (χ0v) is 13.4. The van der Waals surface area contributed by atoms with Gasteiger partial charge in [0.2, 0.25) is 5.91 Å². The Hall–Kier alpha value is -2.19. The van der Waals surface area contributed by atoms with Crippen LogP contribution in [-0.2, 0) is 4.79 Å². The number of nitrogens with zero attached hydrogens (tertiary/aromatic N) is 3. The summed E-state index contributed by atoms with van der Waals surface area (Å²) >= 11 is 2.94. The third-order valence-electron chi connectivity index (χ3n) is 2.81. The molecule has 0 aliphatic carbocycles. The predicted molar refractivity (Wildman–Crippen MR) is 88.0 cm³/mol. The van der Waals surface area contributed by atoms with Crippen LogP contribution >= 0.6 is 23.1 Å². The van der Waals surface area contributed by atoms with Crippen molar-refractivity contribution in [1.29, 1.82) is 0 Å². The third-order valence-corrected chi connectivity index (χ3v) is 4.48. The van der Waals surface area contributed by atoms with Crippen molar-refractivity contribution in [3.05, 3.63) is 40.8 Å². The quantitative estimate of drug-likeness (QED) is 0.702. The SMILES string of the molecule is Cc1nc(-c2cccc(NC(=O)CSc3cn[nH]n3)c2)cs1. The molecule has 2 aromatic heterocycles. The van der Waals surface area contributed by atoms with Crippen LogP contribution < -0.4 is 5.32 Å². The van der Waals surface area contributed by atoms with Gasteiger partial charge in [0.15, 0.2) is 0 Å². The number of carbonyl (C=O) groups is 1. The molecule has 2 heterocycles. The van der Waals surface area contributed by atoms with Crippen molar-refractivity contribution in [3.8, 4) is 11.3 Å². The van der Waals surface area contributed by atoms with Crippen LogP contribution in [0.1, 0.15) is 5.01 Å². The van der Waals surface area contributed by atoms with Gasteiger partial charge in [-0.2, -0.15) is 10.3 Å². The lowest BCUT2D eigenvalue weighted by Crippen LogP contribution is -2.14. The maximum absolute atomic E-state index is 12.0. The van der Waals surface area contributed by atoms with E-state index >= 15 is 0 Å². The van der Waals surface area contributed by atoms with Gasteiger partial charge in [-0.15, -0.1) is 16.4 Å². The van der Waals surface area contributed by atoms with Crippen LogP contribution in [0.15, 0.2) is 40.9 Å². The molecule has 22 heavy (non-hydrogen) atoms. The minimum Gasteiger partial charge on any atom is -0.325 e. The number of aromatic nitrogens is 4. The van der Waals surface area contributed by atoms with Gasteiger partial charge in [0.05, 0.1) is 22.7 Å². The number of aromatic amines is 1. The summed E-state index contributed by atoms with van der Waals surface area (Å²) in [6.45, 7) is 1.97. The average Bonchev–Trinajstić information content (AvgIpc) is 3.17. The Morgan fingerprint density at radius 2 is 2.36 bits per heavy atom. The van der Waals surface area contributed by atoms with E-state index in [0.29, 0.717) is 5.03 Å². The van der Waals surface area contributed by atoms with Gasteiger partial charge in [0, 0.05) is 16.6 Å². The highest BCUT2D eigenvalue weighted by Crippen LogP contribution is 2.24. The molecule has 0 saturated carbocycles. The van der Waals surface area contributed by atoms with Crippen molar-refractivity contribution >= 4 is 34.7 Å². The zero-order valence-electron chi connectivity index (χ0n) is 11.7. The van der Waals surface area contributed by atoms with Crippen LogP contribution in [0.2, 0.25) is 0 Å². The monoisotopic (exact) mass is 331 g/mol. The second-order valence-electron chi connectivity index (χ2n) is 4.48. The molecular formula is C14H13N5OS2. The number of thiazole rings is 1. The molecule has 0 spiro atoms. The normalized spacial score (nSPS) is 10.6. The van der Waals surface area contributed by atoms with Crippen molar-refractivity contribution in [2.45, 2.75) is 11.9 Å². The minimum absolute atomic E-state index is 0.0837. The van der Waals surface area contributed by atoms with Crippen LogP contribution in [-0.4, -0.2) is 32.1 Å². The molecule has 0 atom stereocenters. The second-order valence-corrected chi connectivity index (χ2v) is 6.54. The highest BCUT2D eigenvalue weighted by molar-refractivity contribution is 7.99. The Kier molecular flexibility index (Phi) is 4.50. The number of hydrogen-bond acceptors (Lipinski definition) is 6. The van der Waals surface area contributed by atoms with Crippen molar-refractivity contribution in [2.24, 2.45) is 0 Å². The van der Waals surface area contributed by atoms with Gasteiger partial charge >= 0.3 is 0 Å². The topological polar surface area (TPSA) is 83.6 Å². The Bertz CT molecular complexity index is 769. The smallest absolute Gasteiger partial charge is 0.234 e. The summed E-state index contributed by atoms with van der Waals surface area (Å²) in [5.74, 6) is 0.201. The Morgan fingerprint density at radius 1 is 1.45 bits per heavy atom. The Labute approximate surface area is 135 Å². The number of benzene rings is 1. The van der Waals surface area contributed by atoms with Gasteiger partial charge in [0.1, 0.15) is 5.03 Å². The van der Waals surface area contributed by atoms with Crippen LogP contribution in [0.25, 0.3) is 11.3 Å². The summed E-state index contributed by atoms with van der Waals surface area (Å²) < 4.78 is 0. The first kappa shape index (κ1) is 14.7. The molecule has 2 N–H and O–H groups in total. The van der Waals surface area contributed by atoms with E-state index in [0.717, 1.165) is 22.0 Å². The van der Waals surface area contributed by atoms with Gasteiger partial charge in [0.25, 0.3) is 0 Å². The number of carbonyl (C=O) groups excluding carboxylic acids is 1. The van der Waals surface area contributed by atoms with Crippen molar-refractivity contribution < 1.29 is 4.79 Å². The van der Waals surface area contributed by atoms with Crippen LogP contribution in [0.3, 0.4) is 0 Å². The molecule has 0 aliphatic heterocycles. The molecular weight excluding hydrogens is 318 g/mol. The maximum Gasteiger partial charge on any atom is 0.234 e. The first-order valence-corrected chi connectivity index (χ1v) is 8.38. The van der Waals surface area contributed by atoms with Crippen molar-refractivity contribution in [2.75, 3.05) is 11.1 Å². The summed E-state index contributed by atoms with van der Waals surface area (Å²) in [7, 11) is 0. The third kappa shape index (κ3) is 3.71. The summed E-state index contributed by atoms with van der Waals surface area (Å²) in [6.07, 6.45) is 1.59. The standard InChI is InChI=1S/C14H13N5OS2/c1-9-16-12(7-21-9)10-3-2-4-11(5-10)17-13(20)8-22-14-6-15-19-18-14/h2-7H,8H2,1H3,(H,17,20)(H,15,18,19). The largest absolute Gasteiger partial charge is 0.325 e. The van der Waals surface area contributed by atoms with E-state index in [1.807, 2.05) is 36.6 Å². The lowest BCUT2D eigenvalue weighted by atomic mass is 10.1. The molecule has 8 heteroatoms. The number of thioether (sulfide) groups is 1. The molecule has 0 bridgehead atoms. The molecule has 112 valence electrons. The minimum atomic E-state index is -0.0837. The Morgan fingerprint density at radius 3 is 3.09 bits per heavy atom. The van der Waals surface area contributed by atoms with E-state index in [1.54, 1.807) is 17.5 Å². The van der Waals surface area contributed by atoms with Gasteiger partial charge in [-0.1, -0.05) is 23.9 Å². The molecule has 0 radical (unpaired) electrons. The first-order valence-electron chi connectivity index (χ1n) is 6.52. The number of aryl methyl sites for hydroxylation is 1. The average molecular weight is 331 g/mol. The van der Waals surface area contributed by atoms with E-state index in [1.165, 1.54) is 11.8 Å².